The van der Waals surface area contributed by atoms with Gasteiger partial charge in [-0.25, -0.2) is 9.97 Å². The first-order valence-corrected chi connectivity index (χ1v) is 5.75. The van der Waals surface area contributed by atoms with Crippen LogP contribution in [0.2, 0.25) is 0 Å². The third-order valence-corrected chi connectivity index (χ3v) is 3.04. The van der Waals surface area contributed by atoms with Gasteiger partial charge in [-0.1, -0.05) is 0 Å². The SMILES string of the molecule is CSc1cc(NC2(CO)CC2)ncn1. The van der Waals surface area contributed by atoms with Crippen molar-refractivity contribution < 1.29 is 5.11 Å². The molecule has 5 heteroatoms. The molecule has 0 radical (unpaired) electrons. The monoisotopic (exact) mass is 211 g/mol. The molecule has 1 heterocycles. The van der Waals surface area contributed by atoms with Crippen molar-refractivity contribution in [1.82, 2.24) is 9.97 Å². The summed E-state index contributed by atoms with van der Waals surface area (Å²) in [6.07, 6.45) is 5.55. The van der Waals surface area contributed by atoms with E-state index in [9.17, 15) is 0 Å². The number of anilines is 1. The van der Waals surface area contributed by atoms with E-state index >= 15 is 0 Å². The van der Waals surface area contributed by atoms with Gasteiger partial charge in [0.2, 0.25) is 0 Å². The Balaban J connectivity index is 2.09. The predicted molar refractivity (Wildman–Crippen MR) is 56.5 cm³/mol. The highest BCUT2D eigenvalue weighted by Gasteiger charge is 2.42. The van der Waals surface area contributed by atoms with E-state index in [-0.39, 0.29) is 12.1 Å². The van der Waals surface area contributed by atoms with Crippen molar-refractivity contribution in [1.29, 1.82) is 0 Å². The lowest BCUT2D eigenvalue weighted by Crippen LogP contribution is -2.26. The maximum Gasteiger partial charge on any atom is 0.130 e. The molecule has 0 unspecified atom stereocenters. The fraction of sp³-hybridized carbons (Fsp3) is 0.556. The number of aromatic nitrogens is 2. The third kappa shape index (κ3) is 1.99. The molecule has 0 amide bonds. The minimum Gasteiger partial charge on any atom is -0.394 e. The van der Waals surface area contributed by atoms with E-state index in [1.165, 1.54) is 0 Å². The molecule has 1 aliphatic rings. The van der Waals surface area contributed by atoms with Crippen molar-refractivity contribution in [2.45, 2.75) is 23.4 Å². The van der Waals surface area contributed by atoms with Crippen LogP contribution in [-0.2, 0) is 0 Å². The molecular weight excluding hydrogens is 198 g/mol. The first-order valence-electron chi connectivity index (χ1n) is 4.53. The summed E-state index contributed by atoms with van der Waals surface area (Å²) < 4.78 is 0. The smallest absolute Gasteiger partial charge is 0.130 e. The van der Waals surface area contributed by atoms with Gasteiger partial charge in [0.1, 0.15) is 17.2 Å². The zero-order valence-electron chi connectivity index (χ0n) is 8.03. The Morgan fingerprint density at radius 1 is 1.57 bits per heavy atom. The zero-order valence-corrected chi connectivity index (χ0v) is 8.84. The average molecular weight is 211 g/mol. The van der Waals surface area contributed by atoms with Crippen LogP contribution < -0.4 is 5.32 Å². The van der Waals surface area contributed by atoms with Gasteiger partial charge >= 0.3 is 0 Å². The van der Waals surface area contributed by atoms with Gasteiger partial charge in [-0.05, 0) is 19.1 Å². The van der Waals surface area contributed by atoms with Gasteiger partial charge in [-0.3, -0.25) is 0 Å². The third-order valence-electron chi connectivity index (χ3n) is 2.40. The fourth-order valence-electron chi connectivity index (χ4n) is 1.26. The molecule has 2 rings (SSSR count). The summed E-state index contributed by atoms with van der Waals surface area (Å²) in [5.41, 5.74) is -0.107. The minimum atomic E-state index is -0.107. The van der Waals surface area contributed by atoms with Gasteiger partial charge in [0, 0.05) is 6.07 Å². The van der Waals surface area contributed by atoms with E-state index in [4.69, 9.17) is 5.11 Å². The van der Waals surface area contributed by atoms with Crippen molar-refractivity contribution in [2.75, 3.05) is 18.2 Å². The molecule has 0 bridgehead atoms. The first kappa shape index (κ1) is 9.73. The van der Waals surface area contributed by atoms with E-state index in [0.29, 0.717) is 0 Å². The number of hydrogen-bond acceptors (Lipinski definition) is 5. The molecule has 1 saturated carbocycles. The molecule has 0 saturated heterocycles. The summed E-state index contributed by atoms with van der Waals surface area (Å²) in [6.45, 7) is 0.172. The molecule has 2 N–H and O–H groups in total. The quantitative estimate of drug-likeness (QED) is 0.577. The van der Waals surface area contributed by atoms with Gasteiger partial charge in [-0.15, -0.1) is 11.8 Å². The Hall–Kier alpha value is -0.810. The minimum absolute atomic E-state index is 0.107. The van der Waals surface area contributed by atoms with Gasteiger partial charge in [0.15, 0.2) is 0 Å². The molecule has 0 aromatic carbocycles. The Labute approximate surface area is 87.2 Å². The summed E-state index contributed by atoms with van der Waals surface area (Å²) in [5.74, 6) is 0.802. The van der Waals surface area contributed by atoms with Crippen LogP contribution in [0.1, 0.15) is 12.8 Å². The molecule has 14 heavy (non-hydrogen) atoms. The zero-order chi connectivity index (χ0) is 10.0. The molecular formula is C9H13N3OS. The van der Waals surface area contributed by atoms with Crippen molar-refractivity contribution in [3.05, 3.63) is 12.4 Å². The van der Waals surface area contributed by atoms with Crippen LogP contribution in [0, 0.1) is 0 Å². The summed E-state index contributed by atoms with van der Waals surface area (Å²) in [6, 6.07) is 1.90. The Morgan fingerprint density at radius 2 is 2.36 bits per heavy atom. The normalized spacial score (nSPS) is 17.9. The number of aliphatic hydroxyl groups is 1. The second-order valence-electron chi connectivity index (χ2n) is 3.51. The molecule has 1 aromatic rings. The van der Waals surface area contributed by atoms with Gasteiger partial charge in [0.05, 0.1) is 12.1 Å². The lowest BCUT2D eigenvalue weighted by molar-refractivity contribution is 0.266. The Kier molecular flexibility index (Phi) is 2.60. The van der Waals surface area contributed by atoms with Crippen LogP contribution in [0.4, 0.5) is 5.82 Å². The highest BCUT2D eigenvalue weighted by Crippen LogP contribution is 2.37. The van der Waals surface area contributed by atoms with Crippen LogP contribution in [0.5, 0.6) is 0 Å². The molecule has 76 valence electrons. The maximum atomic E-state index is 9.13. The van der Waals surface area contributed by atoms with Crippen LogP contribution in [0.3, 0.4) is 0 Å². The molecule has 4 nitrogen and oxygen atoms in total. The summed E-state index contributed by atoms with van der Waals surface area (Å²) >= 11 is 1.58. The summed E-state index contributed by atoms with van der Waals surface area (Å²) in [7, 11) is 0. The topological polar surface area (TPSA) is 58.0 Å². The Bertz CT molecular complexity index is 328. The molecule has 0 aliphatic heterocycles. The van der Waals surface area contributed by atoms with Crippen molar-refractivity contribution in [2.24, 2.45) is 0 Å². The number of nitrogens with one attached hydrogen (secondary N) is 1. The summed E-state index contributed by atoms with van der Waals surface area (Å²) in [4.78, 5) is 8.20. The second kappa shape index (κ2) is 3.74. The largest absolute Gasteiger partial charge is 0.394 e. The van der Waals surface area contributed by atoms with Crippen LogP contribution in [0.15, 0.2) is 17.4 Å². The molecule has 1 fully saturated rings. The lowest BCUT2D eigenvalue weighted by atomic mass is 10.3. The highest BCUT2D eigenvalue weighted by molar-refractivity contribution is 7.98. The Morgan fingerprint density at radius 3 is 2.93 bits per heavy atom. The number of nitrogens with zero attached hydrogens (tertiary/aromatic N) is 2. The number of aliphatic hydroxyl groups excluding tert-OH is 1. The predicted octanol–water partition coefficient (Wildman–Crippen LogP) is 1.14. The van der Waals surface area contributed by atoms with Gasteiger partial charge in [-0.2, -0.15) is 0 Å². The second-order valence-corrected chi connectivity index (χ2v) is 4.34. The van der Waals surface area contributed by atoms with Gasteiger partial charge in [0.25, 0.3) is 0 Å². The number of rotatable bonds is 4. The molecule has 0 atom stereocenters. The molecule has 1 aromatic heterocycles. The van der Waals surface area contributed by atoms with Crippen molar-refractivity contribution in [3.63, 3.8) is 0 Å². The molecule has 1 aliphatic carbocycles. The molecule has 0 spiro atoms. The fourth-order valence-corrected chi connectivity index (χ4v) is 1.65. The van der Waals surface area contributed by atoms with Crippen LogP contribution >= 0.6 is 11.8 Å². The number of hydrogen-bond donors (Lipinski definition) is 2. The van der Waals surface area contributed by atoms with Crippen molar-refractivity contribution >= 4 is 17.6 Å². The standard InChI is InChI=1S/C9H13N3OS/c1-14-8-4-7(10-6-11-8)12-9(5-13)2-3-9/h4,6,13H,2-3,5H2,1H3,(H,10,11,12). The van der Waals surface area contributed by atoms with E-state index in [1.54, 1.807) is 18.1 Å². The van der Waals surface area contributed by atoms with Crippen LogP contribution in [-0.4, -0.2) is 33.5 Å². The van der Waals surface area contributed by atoms with E-state index in [0.717, 1.165) is 23.7 Å². The number of thioether (sulfide) groups is 1. The van der Waals surface area contributed by atoms with Crippen molar-refractivity contribution in [3.8, 4) is 0 Å². The van der Waals surface area contributed by atoms with E-state index in [1.807, 2.05) is 12.3 Å². The van der Waals surface area contributed by atoms with E-state index < -0.39 is 0 Å². The highest BCUT2D eigenvalue weighted by atomic mass is 32.2. The van der Waals surface area contributed by atoms with Gasteiger partial charge < -0.3 is 10.4 Å². The van der Waals surface area contributed by atoms with Crippen LogP contribution in [0.25, 0.3) is 0 Å². The van der Waals surface area contributed by atoms with E-state index in [2.05, 4.69) is 15.3 Å². The first-order chi connectivity index (χ1) is 6.78. The maximum absolute atomic E-state index is 9.13. The lowest BCUT2D eigenvalue weighted by Gasteiger charge is -2.14. The average Bonchev–Trinajstić information content (AvgIpc) is 2.99. The summed E-state index contributed by atoms with van der Waals surface area (Å²) in [5, 5.41) is 13.3.